The molecule has 0 amide bonds. The molecule has 0 unspecified atom stereocenters. The maximum atomic E-state index is 13.0. The number of fused-ring (bicyclic) bond motifs is 2. The lowest BCUT2D eigenvalue weighted by Crippen LogP contribution is -2.45. The summed E-state index contributed by atoms with van der Waals surface area (Å²) in [6.45, 7) is 7.94. The average molecular weight is 357 g/mol. The van der Waals surface area contributed by atoms with E-state index in [9.17, 15) is 9.18 Å². The maximum Gasteiger partial charge on any atom is 0.310 e. The monoisotopic (exact) mass is 357 g/mol. The first-order chi connectivity index (χ1) is 12.5. The van der Waals surface area contributed by atoms with Gasteiger partial charge in [-0.2, -0.15) is 0 Å². The van der Waals surface area contributed by atoms with Crippen LogP contribution in [0.4, 0.5) is 4.39 Å². The molecule has 1 saturated heterocycles. The van der Waals surface area contributed by atoms with Gasteiger partial charge < -0.3 is 10.1 Å². The summed E-state index contributed by atoms with van der Waals surface area (Å²) in [7, 11) is 0. The number of esters is 1. The summed E-state index contributed by atoms with van der Waals surface area (Å²) < 4.78 is 18.8. The molecule has 3 aliphatic rings. The van der Waals surface area contributed by atoms with E-state index in [1.54, 1.807) is 12.1 Å². The quantitative estimate of drug-likeness (QED) is 0.647. The Balaban J connectivity index is 1.40. The Bertz CT molecular complexity index is 701. The fourth-order valence-corrected chi connectivity index (χ4v) is 5.46. The largest absolute Gasteiger partial charge is 0.462 e. The number of allylic oxidation sites excluding steroid dienone is 1. The Morgan fingerprint density at radius 3 is 2.88 bits per heavy atom. The standard InChI is InChI=1S/C22H28FNO2/c1-14-4-3-9-22(2)11-20-17(10-19(14)22)18(21(25)26-20)13-24-12-15-5-7-16(23)8-6-15/h5-8,17-20,24H,1,3-4,9-13H2,2H3/t17-,18-,19-,20-,22-/m1/s1. The molecular formula is C22H28FNO2. The van der Waals surface area contributed by atoms with Crippen LogP contribution in [0.1, 0.15) is 44.6 Å². The zero-order chi connectivity index (χ0) is 18.3. The highest BCUT2D eigenvalue weighted by Gasteiger charge is 2.54. The van der Waals surface area contributed by atoms with Crippen LogP contribution in [0.5, 0.6) is 0 Å². The molecule has 2 saturated carbocycles. The van der Waals surface area contributed by atoms with Gasteiger partial charge in [0, 0.05) is 19.0 Å². The number of benzene rings is 1. The number of rotatable bonds is 4. The number of hydrogen-bond acceptors (Lipinski definition) is 3. The van der Waals surface area contributed by atoms with Crippen LogP contribution in [-0.4, -0.2) is 18.6 Å². The van der Waals surface area contributed by atoms with Crippen molar-refractivity contribution in [2.45, 2.75) is 51.7 Å². The van der Waals surface area contributed by atoms with Crippen LogP contribution in [0.2, 0.25) is 0 Å². The average Bonchev–Trinajstić information content (AvgIpc) is 2.89. The molecule has 2 aliphatic carbocycles. The first-order valence-electron chi connectivity index (χ1n) is 9.79. The van der Waals surface area contributed by atoms with Gasteiger partial charge >= 0.3 is 5.97 Å². The van der Waals surface area contributed by atoms with E-state index in [1.807, 2.05) is 0 Å². The maximum absolute atomic E-state index is 13.0. The summed E-state index contributed by atoms with van der Waals surface area (Å²) in [6, 6.07) is 6.48. The zero-order valence-corrected chi connectivity index (χ0v) is 15.5. The highest BCUT2D eigenvalue weighted by molar-refractivity contribution is 5.75. The third-order valence-electron chi connectivity index (χ3n) is 6.93. The van der Waals surface area contributed by atoms with E-state index in [2.05, 4.69) is 18.8 Å². The Kier molecular flexibility index (Phi) is 4.64. The number of hydrogen-bond donors (Lipinski definition) is 1. The van der Waals surface area contributed by atoms with Gasteiger partial charge in [0.05, 0.1) is 5.92 Å². The lowest BCUT2D eigenvalue weighted by molar-refractivity contribution is -0.146. The van der Waals surface area contributed by atoms with E-state index in [1.165, 1.54) is 30.5 Å². The van der Waals surface area contributed by atoms with Crippen molar-refractivity contribution in [2.75, 3.05) is 6.54 Å². The first kappa shape index (κ1) is 17.7. The molecule has 3 nitrogen and oxygen atoms in total. The van der Waals surface area contributed by atoms with E-state index in [-0.39, 0.29) is 35.1 Å². The van der Waals surface area contributed by atoms with Gasteiger partial charge in [-0.1, -0.05) is 31.2 Å². The fraction of sp³-hybridized carbons (Fsp3) is 0.591. The van der Waals surface area contributed by atoms with Gasteiger partial charge in [-0.3, -0.25) is 4.79 Å². The molecule has 1 aromatic rings. The van der Waals surface area contributed by atoms with Crippen molar-refractivity contribution in [3.05, 3.63) is 47.8 Å². The van der Waals surface area contributed by atoms with Gasteiger partial charge in [0.25, 0.3) is 0 Å². The molecule has 26 heavy (non-hydrogen) atoms. The van der Waals surface area contributed by atoms with Crippen LogP contribution in [0.25, 0.3) is 0 Å². The molecule has 0 aromatic heterocycles. The summed E-state index contributed by atoms with van der Waals surface area (Å²) in [5.41, 5.74) is 2.63. The predicted octanol–water partition coefficient (Wildman–Crippen LogP) is 4.23. The van der Waals surface area contributed by atoms with Crippen molar-refractivity contribution in [1.82, 2.24) is 5.32 Å². The summed E-state index contributed by atoms with van der Waals surface area (Å²) in [5.74, 6) is 0.441. The van der Waals surface area contributed by atoms with Crippen LogP contribution in [-0.2, 0) is 16.1 Å². The minimum absolute atomic E-state index is 0.0561. The highest BCUT2D eigenvalue weighted by Crippen LogP contribution is 2.56. The van der Waals surface area contributed by atoms with Crippen molar-refractivity contribution < 1.29 is 13.9 Å². The summed E-state index contributed by atoms with van der Waals surface area (Å²) >= 11 is 0. The smallest absolute Gasteiger partial charge is 0.310 e. The third kappa shape index (κ3) is 3.20. The molecule has 1 aliphatic heterocycles. The molecule has 1 aromatic carbocycles. The normalized spacial score (nSPS) is 36.4. The SMILES string of the molecule is C=C1CCC[C@]2(C)C[C@H]3OC(=O)[C@H](CNCc4ccc(F)cc4)[C@H]3C[C@H]12. The topological polar surface area (TPSA) is 38.3 Å². The Morgan fingerprint density at radius 2 is 2.12 bits per heavy atom. The first-order valence-corrected chi connectivity index (χ1v) is 9.79. The molecular weight excluding hydrogens is 329 g/mol. The highest BCUT2D eigenvalue weighted by atomic mass is 19.1. The second kappa shape index (κ2) is 6.80. The predicted molar refractivity (Wildman–Crippen MR) is 98.8 cm³/mol. The van der Waals surface area contributed by atoms with Gasteiger partial charge in [0.15, 0.2) is 0 Å². The molecule has 0 radical (unpaired) electrons. The fourth-order valence-electron chi connectivity index (χ4n) is 5.46. The van der Waals surface area contributed by atoms with E-state index in [4.69, 9.17) is 4.74 Å². The van der Waals surface area contributed by atoms with Crippen LogP contribution in [0.15, 0.2) is 36.4 Å². The number of carbonyl (C=O) groups excluding carboxylic acids is 1. The summed E-state index contributed by atoms with van der Waals surface area (Å²) in [4.78, 5) is 12.5. The molecule has 4 heteroatoms. The van der Waals surface area contributed by atoms with Gasteiger partial charge in [-0.25, -0.2) is 4.39 Å². The van der Waals surface area contributed by atoms with Crippen molar-refractivity contribution in [2.24, 2.45) is 23.2 Å². The molecule has 0 spiro atoms. The molecule has 1 N–H and O–H groups in total. The van der Waals surface area contributed by atoms with Gasteiger partial charge in [0.1, 0.15) is 11.9 Å². The number of ether oxygens (including phenoxy) is 1. The molecule has 3 fully saturated rings. The lowest BCUT2D eigenvalue weighted by Gasteiger charge is -2.50. The van der Waals surface area contributed by atoms with Crippen LogP contribution in [0, 0.1) is 29.0 Å². The summed E-state index contributed by atoms with van der Waals surface area (Å²) in [6.07, 6.45) is 5.60. The second-order valence-electron chi connectivity index (χ2n) is 8.66. The summed E-state index contributed by atoms with van der Waals surface area (Å²) in [5, 5.41) is 3.37. The molecule has 140 valence electrons. The zero-order valence-electron chi connectivity index (χ0n) is 15.5. The van der Waals surface area contributed by atoms with E-state index in [0.29, 0.717) is 19.0 Å². The lowest BCUT2D eigenvalue weighted by atomic mass is 9.55. The van der Waals surface area contributed by atoms with Crippen LogP contribution in [0.3, 0.4) is 0 Å². The minimum atomic E-state index is -0.228. The third-order valence-corrected chi connectivity index (χ3v) is 6.93. The van der Waals surface area contributed by atoms with E-state index in [0.717, 1.165) is 24.8 Å². The molecule has 0 bridgehead atoms. The van der Waals surface area contributed by atoms with Gasteiger partial charge in [-0.15, -0.1) is 0 Å². The van der Waals surface area contributed by atoms with Gasteiger partial charge in [-0.05, 0) is 61.1 Å². The van der Waals surface area contributed by atoms with Crippen molar-refractivity contribution in [3.8, 4) is 0 Å². The van der Waals surface area contributed by atoms with Crippen LogP contribution < -0.4 is 5.32 Å². The van der Waals surface area contributed by atoms with E-state index < -0.39 is 0 Å². The molecule has 4 rings (SSSR count). The Labute approximate surface area is 155 Å². The van der Waals surface area contributed by atoms with Crippen molar-refractivity contribution in [1.29, 1.82) is 0 Å². The minimum Gasteiger partial charge on any atom is -0.462 e. The number of carbonyl (C=O) groups is 1. The number of nitrogens with one attached hydrogen (secondary N) is 1. The number of halogens is 1. The van der Waals surface area contributed by atoms with Crippen molar-refractivity contribution >= 4 is 5.97 Å². The van der Waals surface area contributed by atoms with Gasteiger partial charge in [0.2, 0.25) is 0 Å². The second-order valence-corrected chi connectivity index (χ2v) is 8.66. The van der Waals surface area contributed by atoms with Crippen molar-refractivity contribution in [3.63, 3.8) is 0 Å². The van der Waals surface area contributed by atoms with Crippen LogP contribution >= 0.6 is 0 Å². The molecule has 1 heterocycles. The Hall–Kier alpha value is -1.68. The van der Waals surface area contributed by atoms with E-state index >= 15 is 0 Å². The Morgan fingerprint density at radius 1 is 1.35 bits per heavy atom. The molecule has 5 atom stereocenters.